The molecule has 0 aromatic carbocycles. The second-order valence-electron chi connectivity index (χ2n) is 4.27. The van der Waals surface area contributed by atoms with E-state index in [9.17, 15) is 0 Å². The van der Waals surface area contributed by atoms with E-state index < -0.39 is 0 Å². The van der Waals surface area contributed by atoms with Crippen LogP contribution in [-0.2, 0) is 6.54 Å². The van der Waals surface area contributed by atoms with Gasteiger partial charge in [-0.25, -0.2) is 4.68 Å². The average Bonchev–Trinajstić information content (AvgIpc) is 3.00. The summed E-state index contributed by atoms with van der Waals surface area (Å²) in [5.74, 6) is 0.996. The number of hydrogen-bond acceptors (Lipinski definition) is 4. The molecule has 0 bridgehead atoms. The Balaban J connectivity index is 1.61. The van der Waals surface area contributed by atoms with Gasteiger partial charge in [-0.05, 0) is 34.5 Å². The van der Waals surface area contributed by atoms with E-state index in [1.54, 1.807) is 6.20 Å². The summed E-state index contributed by atoms with van der Waals surface area (Å²) in [4.78, 5) is 2.37. The summed E-state index contributed by atoms with van der Waals surface area (Å²) in [5, 5.41) is 7.90. The van der Waals surface area contributed by atoms with Crippen molar-refractivity contribution in [3.05, 3.63) is 35.0 Å². The Labute approximate surface area is 108 Å². The zero-order valence-electron chi connectivity index (χ0n) is 9.29. The third-order valence-electron chi connectivity index (χ3n) is 3.07. The molecule has 2 aromatic heterocycles. The average molecular weight is 297 g/mol. The predicted molar refractivity (Wildman–Crippen MR) is 65.4 cm³/mol. The lowest BCUT2D eigenvalue weighted by Crippen LogP contribution is -2.21. The van der Waals surface area contributed by atoms with Gasteiger partial charge < -0.3 is 4.42 Å². The van der Waals surface area contributed by atoms with E-state index in [0.717, 1.165) is 36.5 Å². The molecular formula is C11H13BrN4O. The molecule has 1 fully saturated rings. The minimum Gasteiger partial charge on any atom is -0.453 e. The molecule has 1 saturated heterocycles. The van der Waals surface area contributed by atoms with E-state index in [1.807, 2.05) is 23.0 Å². The van der Waals surface area contributed by atoms with Gasteiger partial charge in [-0.2, -0.15) is 0 Å². The van der Waals surface area contributed by atoms with Gasteiger partial charge in [0.05, 0.1) is 18.8 Å². The van der Waals surface area contributed by atoms with Crippen LogP contribution >= 0.6 is 15.9 Å². The van der Waals surface area contributed by atoms with Crippen molar-refractivity contribution in [2.45, 2.75) is 19.0 Å². The van der Waals surface area contributed by atoms with Gasteiger partial charge in [-0.1, -0.05) is 5.21 Å². The molecule has 6 heteroatoms. The fourth-order valence-corrected chi connectivity index (χ4v) is 2.58. The first-order valence-corrected chi connectivity index (χ1v) is 6.43. The van der Waals surface area contributed by atoms with Crippen molar-refractivity contribution >= 4 is 15.9 Å². The lowest BCUT2D eigenvalue weighted by molar-refractivity contribution is 0.280. The maximum Gasteiger partial charge on any atom is 0.169 e. The second kappa shape index (κ2) is 4.62. The molecule has 0 amide bonds. The van der Waals surface area contributed by atoms with Gasteiger partial charge in [0.15, 0.2) is 4.67 Å². The van der Waals surface area contributed by atoms with Crippen molar-refractivity contribution < 1.29 is 4.42 Å². The van der Waals surface area contributed by atoms with Gasteiger partial charge in [0.2, 0.25) is 0 Å². The zero-order chi connectivity index (χ0) is 11.7. The summed E-state index contributed by atoms with van der Waals surface area (Å²) >= 11 is 3.32. The summed E-state index contributed by atoms with van der Waals surface area (Å²) in [6.45, 7) is 2.93. The van der Waals surface area contributed by atoms with E-state index in [1.165, 1.54) is 0 Å². The van der Waals surface area contributed by atoms with Crippen molar-refractivity contribution in [1.29, 1.82) is 0 Å². The molecule has 17 heavy (non-hydrogen) atoms. The molecule has 0 saturated carbocycles. The van der Waals surface area contributed by atoms with E-state index in [4.69, 9.17) is 4.42 Å². The Kier molecular flexibility index (Phi) is 2.98. The van der Waals surface area contributed by atoms with Crippen LogP contribution in [0.1, 0.15) is 18.2 Å². The summed E-state index contributed by atoms with van der Waals surface area (Å²) in [6.07, 6.45) is 4.77. The Morgan fingerprint density at radius 3 is 3.12 bits per heavy atom. The molecule has 5 nitrogen and oxygen atoms in total. The molecule has 1 atom stereocenters. The fraction of sp³-hybridized carbons (Fsp3) is 0.455. The van der Waals surface area contributed by atoms with Crippen molar-refractivity contribution in [2.24, 2.45) is 0 Å². The minimum atomic E-state index is 0.441. The molecule has 2 aromatic rings. The van der Waals surface area contributed by atoms with Crippen LogP contribution in [0.2, 0.25) is 0 Å². The van der Waals surface area contributed by atoms with Crippen LogP contribution in [-0.4, -0.2) is 33.0 Å². The van der Waals surface area contributed by atoms with Crippen LogP contribution in [0.5, 0.6) is 0 Å². The lowest BCUT2D eigenvalue weighted by Gasteiger charge is -2.14. The topological polar surface area (TPSA) is 47.1 Å². The van der Waals surface area contributed by atoms with Crippen molar-refractivity contribution in [3.63, 3.8) is 0 Å². The van der Waals surface area contributed by atoms with E-state index in [-0.39, 0.29) is 0 Å². The largest absolute Gasteiger partial charge is 0.453 e. The zero-order valence-corrected chi connectivity index (χ0v) is 10.9. The summed E-state index contributed by atoms with van der Waals surface area (Å²) in [6, 6.07) is 4.38. The summed E-state index contributed by atoms with van der Waals surface area (Å²) in [5.41, 5.74) is 0. The fourth-order valence-electron chi connectivity index (χ4n) is 2.24. The first kappa shape index (κ1) is 11.0. The normalized spacial score (nSPS) is 21.1. The van der Waals surface area contributed by atoms with Gasteiger partial charge in [0, 0.05) is 19.3 Å². The Bertz CT molecular complexity index is 481. The van der Waals surface area contributed by atoms with Crippen LogP contribution in [0.3, 0.4) is 0 Å². The number of nitrogens with zero attached hydrogens (tertiary/aromatic N) is 4. The maximum atomic E-state index is 5.51. The van der Waals surface area contributed by atoms with Crippen molar-refractivity contribution in [2.75, 3.05) is 13.1 Å². The molecular weight excluding hydrogens is 284 g/mol. The standard InChI is InChI=1S/C11H13BrN4O/c12-11-2-1-10(17-11)8-15-5-3-9(7-15)16-6-4-13-14-16/h1-2,4,6,9H,3,5,7-8H2. The third-order valence-corrected chi connectivity index (χ3v) is 3.50. The molecule has 90 valence electrons. The highest BCUT2D eigenvalue weighted by Gasteiger charge is 2.24. The minimum absolute atomic E-state index is 0.441. The molecule has 1 unspecified atom stereocenters. The summed E-state index contributed by atoms with van der Waals surface area (Å²) < 4.78 is 8.25. The van der Waals surface area contributed by atoms with Gasteiger partial charge in [0.25, 0.3) is 0 Å². The van der Waals surface area contributed by atoms with Crippen molar-refractivity contribution in [1.82, 2.24) is 19.9 Å². The number of rotatable bonds is 3. The van der Waals surface area contributed by atoms with Crippen molar-refractivity contribution in [3.8, 4) is 0 Å². The van der Waals surface area contributed by atoms with Crippen LogP contribution < -0.4 is 0 Å². The second-order valence-corrected chi connectivity index (χ2v) is 5.05. The molecule has 1 aliphatic rings. The quantitative estimate of drug-likeness (QED) is 0.870. The number of furan rings is 1. The smallest absolute Gasteiger partial charge is 0.169 e. The predicted octanol–water partition coefficient (Wildman–Crippen LogP) is 2.08. The SMILES string of the molecule is Brc1ccc(CN2CCC(n3ccnn3)C2)o1. The van der Waals surface area contributed by atoms with E-state index in [0.29, 0.717) is 6.04 Å². The first-order chi connectivity index (χ1) is 8.31. The van der Waals surface area contributed by atoms with Gasteiger partial charge in [0.1, 0.15) is 5.76 Å². The Hall–Kier alpha value is -1.14. The van der Waals surface area contributed by atoms with Crippen LogP contribution in [0.15, 0.2) is 33.6 Å². The number of aromatic nitrogens is 3. The Morgan fingerprint density at radius 1 is 1.47 bits per heavy atom. The highest BCUT2D eigenvalue weighted by Crippen LogP contribution is 2.23. The maximum absolute atomic E-state index is 5.51. The van der Waals surface area contributed by atoms with Gasteiger partial charge in [-0.3, -0.25) is 4.90 Å². The van der Waals surface area contributed by atoms with Gasteiger partial charge in [-0.15, -0.1) is 5.10 Å². The highest BCUT2D eigenvalue weighted by molar-refractivity contribution is 9.10. The molecule has 0 N–H and O–H groups in total. The highest BCUT2D eigenvalue weighted by atomic mass is 79.9. The van der Waals surface area contributed by atoms with Crippen LogP contribution in [0.4, 0.5) is 0 Å². The molecule has 1 aliphatic heterocycles. The molecule has 0 radical (unpaired) electrons. The van der Waals surface area contributed by atoms with Gasteiger partial charge >= 0.3 is 0 Å². The summed E-state index contributed by atoms with van der Waals surface area (Å²) in [7, 11) is 0. The van der Waals surface area contributed by atoms with E-state index >= 15 is 0 Å². The van der Waals surface area contributed by atoms with E-state index in [2.05, 4.69) is 31.1 Å². The van der Waals surface area contributed by atoms with Crippen LogP contribution in [0, 0.1) is 0 Å². The molecule has 0 spiro atoms. The monoisotopic (exact) mass is 296 g/mol. The third kappa shape index (κ3) is 2.42. The molecule has 0 aliphatic carbocycles. The number of hydrogen-bond donors (Lipinski definition) is 0. The lowest BCUT2D eigenvalue weighted by atomic mass is 10.3. The number of halogens is 1. The number of likely N-dealkylation sites (tertiary alicyclic amines) is 1. The molecule has 3 heterocycles. The van der Waals surface area contributed by atoms with Crippen LogP contribution in [0.25, 0.3) is 0 Å². The first-order valence-electron chi connectivity index (χ1n) is 5.63. The molecule has 3 rings (SSSR count). The Morgan fingerprint density at radius 2 is 2.41 bits per heavy atom.